The number of allylic oxidation sites excluding steroid dienone is 4. The zero-order valence-electron chi connectivity index (χ0n) is 27.4. The molecule has 7 aromatic carbocycles. The highest BCUT2D eigenvalue weighted by atomic mass is 16.3. The summed E-state index contributed by atoms with van der Waals surface area (Å²) in [7, 11) is 0. The Kier molecular flexibility index (Phi) is 5.82. The molecule has 6 bridgehead atoms. The van der Waals surface area contributed by atoms with Gasteiger partial charge in [0.05, 0.1) is 5.69 Å². The summed E-state index contributed by atoms with van der Waals surface area (Å²) in [6.45, 7) is 0. The maximum atomic E-state index is 6.67. The molecule has 234 valence electrons. The van der Waals surface area contributed by atoms with E-state index >= 15 is 0 Å². The first-order valence-electron chi connectivity index (χ1n) is 17.5. The fourth-order valence-electron chi connectivity index (χ4n) is 8.71. The number of nitrogens with zero attached hydrogens (tertiary/aromatic N) is 1. The number of hydrogen-bond donors (Lipinski definition) is 0. The van der Waals surface area contributed by atoms with E-state index < -0.39 is 0 Å². The second kappa shape index (κ2) is 10.6. The number of para-hydroxylation sites is 2. The van der Waals surface area contributed by atoms with Gasteiger partial charge in [0.2, 0.25) is 0 Å². The van der Waals surface area contributed by atoms with E-state index in [-0.39, 0.29) is 0 Å². The molecule has 0 radical (unpaired) electrons. The van der Waals surface area contributed by atoms with Crippen molar-refractivity contribution >= 4 is 55.7 Å². The van der Waals surface area contributed by atoms with Crippen LogP contribution < -0.4 is 4.90 Å². The van der Waals surface area contributed by atoms with Crippen LogP contribution in [-0.4, -0.2) is 0 Å². The fraction of sp³-hybridized carbons (Fsp3) is 0.0417. The molecule has 50 heavy (non-hydrogen) atoms. The number of furan rings is 1. The van der Waals surface area contributed by atoms with Crippen molar-refractivity contribution in [2.24, 2.45) is 0 Å². The molecule has 11 rings (SSSR count). The molecule has 0 spiro atoms. The average molecular weight is 638 g/mol. The van der Waals surface area contributed by atoms with Crippen LogP contribution in [-0.2, 0) is 0 Å². The first kappa shape index (κ1) is 27.6. The summed E-state index contributed by atoms with van der Waals surface area (Å²) in [5.41, 5.74) is 20.9. The lowest BCUT2D eigenvalue weighted by molar-refractivity contribution is 0.669. The molecular weight excluding hydrogens is 607 g/mol. The van der Waals surface area contributed by atoms with Gasteiger partial charge >= 0.3 is 0 Å². The third-order valence-corrected chi connectivity index (χ3v) is 10.9. The molecule has 0 saturated heterocycles. The van der Waals surface area contributed by atoms with Crippen molar-refractivity contribution in [1.29, 1.82) is 0 Å². The number of hydrogen-bond acceptors (Lipinski definition) is 2. The van der Waals surface area contributed by atoms with E-state index in [1.807, 2.05) is 6.07 Å². The molecule has 3 aliphatic carbocycles. The van der Waals surface area contributed by atoms with Gasteiger partial charge in [-0.2, -0.15) is 0 Å². The quantitative estimate of drug-likeness (QED) is 0.191. The van der Waals surface area contributed by atoms with Crippen LogP contribution in [0.25, 0.3) is 72.0 Å². The topological polar surface area (TPSA) is 16.4 Å². The lowest BCUT2D eigenvalue weighted by Gasteiger charge is -2.28. The lowest BCUT2D eigenvalue weighted by Crippen LogP contribution is -2.11. The normalized spacial score (nSPS) is 13.9. The van der Waals surface area contributed by atoms with Crippen molar-refractivity contribution in [3.05, 3.63) is 180 Å². The second-order valence-corrected chi connectivity index (χ2v) is 13.5. The van der Waals surface area contributed by atoms with Gasteiger partial charge in [-0.1, -0.05) is 127 Å². The zero-order valence-corrected chi connectivity index (χ0v) is 27.4. The number of anilines is 3. The summed E-state index contributed by atoms with van der Waals surface area (Å²) in [6, 6.07) is 57.4. The summed E-state index contributed by atoms with van der Waals surface area (Å²) in [6.07, 6.45) is 4.58. The predicted molar refractivity (Wildman–Crippen MR) is 209 cm³/mol. The molecule has 0 saturated carbocycles. The summed E-state index contributed by atoms with van der Waals surface area (Å²) in [5, 5.41) is 2.25. The van der Waals surface area contributed by atoms with Crippen LogP contribution in [0.5, 0.6) is 0 Å². The van der Waals surface area contributed by atoms with Crippen molar-refractivity contribution in [3.8, 4) is 33.4 Å². The summed E-state index contributed by atoms with van der Waals surface area (Å²) in [5.74, 6) is 0. The highest BCUT2D eigenvalue weighted by Gasteiger charge is 2.34. The number of benzene rings is 7. The van der Waals surface area contributed by atoms with Crippen molar-refractivity contribution in [1.82, 2.24) is 0 Å². The minimum Gasteiger partial charge on any atom is -0.454 e. The summed E-state index contributed by atoms with van der Waals surface area (Å²) in [4.78, 5) is 2.38. The van der Waals surface area contributed by atoms with Crippen LogP contribution in [0.2, 0.25) is 0 Å². The van der Waals surface area contributed by atoms with Gasteiger partial charge in [0.1, 0.15) is 5.58 Å². The monoisotopic (exact) mass is 637 g/mol. The summed E-state index contributed by atoms with van der Waals surface area (Å²) < 4.78 is 6.67. The zero-order chi connectivity index (χ0) is 32.8. The number of rotatable bonds is 4. The molecule has 1 heterocycles. The first-order chi connectivity index (χ1) is 24.8. The van der Waals surface area contributed by atoms with Crippen LogP contribution in [0.1, 0.15) is 29.5 Å². The number of fused-ring (bicyclic) bond motifs is 7. The highest BCUT2D eigenvalue weighted by molar-refractivity contribution is 6.25. The minimum atomic E-state index is 0.886. The summed E-state index contributed by atoms with van der Waals surface area (Å²) >= 11 is 0. The molecule has 2 nitrogen and oxygen atoms in total. The Morgan fingerprint density at radius 3 is 2.08 bits per heavy atom. The molecule has 8 aromatic rings. The predicted octanol–water partition coefficient (Wildman–Crippen LogP) is 13.5. The van der Waals surface area contributed by atoms with Gasteiger partial charge in [0, 0.05) is 22.1 Å². The van der Waals surface area contributed by atoms with Crippen LogP contribution in [0.3, 0.4) is 0 Å². The molecule has 0 amide bonds. The molecule has 0 fully saturated rings. The minimum absolute atomic E-state index is 0.886. The SMILES string of the molecule is C1=C2C3=C(CC1)c1cccc(c1-c1cc(N(c4ccc(-c5ccccc5)cc4)c4cccc5c4oc4ccccc45)ccc12)-c1ccccc13. The molecule has 2 heteroatoms. The van der Waals surface area contributed by atoms with Gasteiger partial charge < -0.3 is 9.32 Å². The molecule has 3 aliphatic rings. The van der Waals surface area contributed by atoms with E-state index in [0.29, 0.717) is 0 Å². The van der Waals surface area contributed by atoms with Crippen molar-refractivity contribution < 1.29 is 4.42 Å². The van der Waals surface area contributed by atoms with E-state index in [1.165, 1.54) is 66.8 Å². The smallest absolute Gasteiger partial charge is 0.159 e. The van der Waals surface area contributed by atoms with Crippen LogP contribution in [0, 0.1) is 0 Å². The molecule has 0 atom stereocenters. The van der Waals surface area contributed by atoms with Gasteiger partial charge in [-0.15, -0.1) is 0 Å². The molecule has 1 aromatic heterocycles. The van der Waals surface area contributed by atoms with Gasteiger partial charge in [-0.3, -0.25) is 0 Å². The Morgan fingerprint density at radius 2 is 1.18 bits per heavy atom. The Labute approximate surface area is 290 Å². The van der Waals surface area contributed by atoms with Crippen LogP contribution >= 0.6 is 0 Å². The lowest BCUT2D eigenvalue weighted by atomic mass is 9.79. The fourth-order valence-corrected chi connectivity index (χ4v) is 8.71. The van der Waals surface area contributed by atoms with Crippen molar-refractivity contribution in [2.75, 3.05) is 4.90 Å². The molecular formula is C48H31NO. The third kappa shape index (κ3) is 3.90. The Bertz CT molecular complexity index is 2740. The van der Waals surface area contributed by atoms with Crippen molar-refractivity contribution in [3.63, 3.8) is 0 Å². The van der Waals surface area contributed by atoms with E-state index in [9.17, 15) is 0 Å². The van der Waals surface area contributed by atoms with E-state index in [2.05, 4.69) is 163 Å². The van der Waals surface area contributed by atoms with Gasteiger partial charge in [-0.25, -0.2) is 0 Å². The molecule has 0 aliphatic heterocycles. The molecule has 0 unspecified atom stereocenters. The van der Waals surface area contributed by atoms with Gasteiger partial charge in [0.25, 0.3) is 0 Å². The second-order valence-electron chi connectivity index (χ2n) is 13.5. The van der Waals surface area contributed by atoms with Gasteiger partial charge in [-0.05, 0) is 116 Å². The van der Waals surface area contributed by atoms with E-state index in [4.69, 9.17) is 4.42 Å². The van der Waals surface area contributed by atoms with Crippen LogP contribution in [0.4, 0.5) is 17.1 Å². The van der Waals surface area contributed by atoms with Crippen LogP contribution in [0.15, 0.2) is 168 Å². The Hall–Kier alpha value is -6.38. The van der Waals surface area contributed by atoms with E-state index in [0.717, 1.165) is 51.8 Å². The molecule has 0 N–H and O–H groups in total. The van der Waals surface area contributed by atoms with E-state index in [1.54, 1.807) is 0 Å². The largest absolute Gasteiger partial charge is 0.454 e. The maximum absolute atomic E-state index is 6.67. The average Bonchev–Trinajstić information content (AvgIpc) is 3.52. The first-order valence-corrected chi connectivity index (χ1v) is 17.5. The third-order valence-electron chi connectivity index (χ3n) is 10.9. The maximum Gasteiger partial charge on any atom is 0.159 e. The standard InChI is InChI=1S/C48H31NO/c1-2-11-30(12-3-1)31-23-25-32(26-24-31)49(44-21-10-20-42-36-14-6-7-22-45(36)50-48(42)44)33-27-28-35-39-17-9-18-40-41-19-8-16-38(47(41)43(35)29-33)34-13-4-5-15-37(34)46(39)40/h1-8,10-17,19-29H,9,18H2. The highest BCUT2D eigenvalue weighted by Crippen LogP contribution is 2.58. The van der Waals surface area contributed by atoms with Crippen molar-refractivity contribution in [2.45, 2.75) is 12.8 Å². The Balaban J connectivity index is 1.18. The van der Waals surface area contributed by atoms with Gasteiger partial charge in [0.15, 0.2) is 5.58 Å². The Morgan fingerprint density at radius 1 is 0.480 bits per heavy atom.